The number of fused-ring (bicyclic) bond motifs is 1. The molecule has 2 saturated heterocycles. The van der Waals surface area contributed by atoms with Gasteiger partial charge in [0.15, 0.2) is 0 Å². The summed E-state index contributed by atoms with van der Waals surface area (Å²) in [6.07, 6.45) is -1.69. The van der Waals surface area contributed by atoms with Gasteiger partial charge >= 0.3 is 0 Å². The van der Waals surface area contributed by atoms with Crippen molar-refractivity contribution >= 4 is 10.1 Å². The highest BCUT2D eigenvalue weighted by atomic mass is 32.2. The van der Waals surface area contributed by atoms with Gasteiger partial charge in [-0.3, -0.25) is 4.18 Å². The maximum atomic E-state index is 12.4. The molecule has 26 heavy (non-hydrogen) atoms. The molecule has 7 heteroatoms. The zero-order chi connectivity index (χ0) is 18.0. The van der Waals surface area contributed by atoms with Crippen molar-refractivity contribution in [3.63, 3.8) is 0 Å². The van der Waals surface area contributed by atoms with Crippen LogP contribution in [0.3, 0.4) is 0 Å². The summed E-state index contributed by atoms with van der Waals surface area (Å²) in [6.45, 7) is 0.968. The maximum Gasteiger partial charge on any atom is 0.297 e. The summed E-state index contributed by atoms with van der Waals surface area (Å²) in [6, 6.07) is 17.9. The van der Waals surface area contributed by atoms with Gasteiger partial charge < -0.3 is 14.2 Å². The van der Waals surface area contributed by atoms with E-state index in [9.17, 15) is 8.42 Å². The quantitative estimate of drug-likeness (QED) is 0.720. The lowest BCUT2D eigenvalue weighted by atomic mass is 10.1. The van der Waals surface area contributed by atoms with E-state index in [4.69, 9.17) is 18.4 Å². The third kappa shape index (κ3) is 3.67. The van der Waals surface area contributed by atoms with Crippen molar-refractivity contribution in [3.8, 4) is 0 Å². The van der Waals surface area contributed by atoms with Crippen molar-refractivity contribution in [2.24, 2.45) is 0 Å². The number of hydrogen-bond acceptors (Lipinski definition) is 6. The van der Waals surface area contributed by atoms with Crippen LogP contribution in [0.15, 0.2) is 65.6 Å². The molecule has 0 bridgehead atoms. The summed E-state index contributed by atoms with van der Waals surface area (Å²) in [5.74, 6) is 0. The predicted molar refractivity (Wildman–Crippen MR) is 93.0 cm³/mol. The van der Waals surface area contributed by atoms with Gasteiger partial charge in [0, 0.05) is 0 Å². The molecule has 0 aliphatic carbocycles. The third-order valence-corrected chi connectivity index (χ3v) is 5.90. The highest BCUT2D eigenvalue weighted by Gasteiger charge is 2.50. The van der Waals surface area contributed by atoms with Gasteiger partial charge in [-0.2, -0.15) is 8.42 Å². The second-order valence-electron chi connectivity index (χ2n) is 6.33. The first-order valence-corrected chi connectivity index (χ1v) is 9.91. The lowest BCUT2D eigenvalue weighted by Gasteiger charge is -2.17. The SMILES string of the molecule is O=S(=O)(O[C@H]1CO[C@H]2[C@@H]1OC[C@H]2OCc1ccccc1)c1ccccc1. The minimum atomic E-state index is -3.86. The van der Waals surface area contributed by atoms with Gasteiger partial charge in [0.2, 0.25) is 0 Å². The Balaban J connectivity index is 1.38. The van der Waals surface area contributed by atoms with Crippen LogP contribution in [0, 0.1) is 0 Å². The Labute approximate surface area is 152 Å². The van der Waals surface area contributed by atoms with Crippen LogP contribution in [-0.4, -0.2) is 46.0 Å². The molecule has 2 aliphatic heterocycles. The zero-order valence-electron chi connectivity index (χ0n) is 14.1. The Morgan fingerprint density at radius 3 is 2.12 bits per heavy atom. The highest BCUT2D eigenvalue weighted by Crippen LogP contribution is 2.32. The molecule has 2 heterocycles. The van der Waals surface area contributed by atoms with Gasteiger partial charge in [-0.1, -0.05) is 48.5 Å². The Morgan fingerprint density at radius 2 is 1.42 bits per heavy atom. The Bertz CT molecular complexity index is 824. The Morgan fingerprint density at radius 1 is 0.846 bits per heavy atom. The molecule has 0 radical (unpaired) electrons. The molecule has 0 aromatic heterocycles. The van der Waals surface area contributed by atoms with E-state index < -0.39 is 22.3 Å². The molecule has 4 rings (SSSR count). The molecule has 2 aromatic carbocycles. The minimum absolute atomic E-state index is 0.123. The van der Waals surface area contributed by atoms with Crippen LogP contribution in [0.25, 0.3) is 0 Å². The standard InChI is InChI=1S/C19H20O6S/c20-26(21,15-9-5-2-6-10-15)25-17-13-24-18-16(12-23-19(17)18)22-11-14-7-3-1-4-8-14/h1-10,16-19H,11-13H2/t16-,17+,18-,19-/m1/s1. The van der Waals surface area contributed by atoms with Crippen molar-refractivity contribution in [2.45, 2.75) is 35.9 Å². The monoisotopic (exact) mass is 376 g/mol. The molecule has 4 atom stereocenters. The summed E-state index contributed by atoms with van der Waals surface area (Å²) in [5, 5.41) is 0. The summed E-state index contributed by atoms with van der Waals surface area (Å²) >= 11 is 0. The molecular formula is C19H20O6S. The van der Waals surface area contributed by atoms with Crippen molar-refractivity contribution < 1.29 is 26.8 Å². The summed E-state index contributed by atoms with van der Waals surface area (Å²) in [5.41, 5.74) is 1.06. The molecule has 2 aromatic rings. The lowest BCUT2D eigenvalue weighted by molar-refractivity contribution is -0.0423. The molecule has 2 fully saturated rings. The van der Waals surface area contributed by atoms with Crippen molar-refractivity contribution in [1.29, 1.82) is 0 Å². The van der Waals surface area contributed by atoms with Crippen molar-refractivity contribution in [1.82, 2.24) is 0 Å². The molecule has 0 N–H and O–H groups in total. The minimum Gasteiger partial charge on any atom is -0.370 e. The van der Waals surface area contributed by atoms with Crippen LogP contribution in [0.4, 0.5) is 0 Å². The predicted octanol–water partition coefficient (Wildman–Crippen LogP) is 2.14. The van der Waals surface area contributed by atoms with Gasteiger partial charge in [-0.15, -0.1) is 0 Å². The topological polar surface area (TPSA) is 71.1 Å². The molecule has 2 aliphatic rings. The number of benzene rings is 2. The smallest absolute Gasteiger partial charge is 0.297 e. The van der Waals surface area contributed by atoms with Crippen LogP contribution in [0.5, 0.6) is 0 Å². The Kier molecular flexibility index (Phi) is 5.06. The van der Waals surface area contributed by atoms with Gasteiger partial charge in [0.1, 0.15) is 24.4 Å². The fraction of sp³-hybridized carbons (Fsp3) is 0.368. The summed E-state index contributed by atoms with van der Waals surface area (Å²) in [7, 11) is -3.86. The fourth-order valence-electron chi connectivity index (χ4n) is 3.24. The average molecular weight is 376 g/mol. The van der Waals surface area contributed by atoms with E-state index in [0.29, 0.717) is 13.2 Å². The van der Waals surface area contributed by atoms with Crippen molar-refractivity contribution in [3.05, 3.63) is 66.2 Å². The average Bonchev–Trinajstić information content (AvgIpc) is 3.25. The molecular weight excluding hydrogens is 356 g/mol. The number of hydrogen-bond donors (Lipinski definition) is 0. The van der Waals surface area contributed by atoms with E-state index >= 15 is 0 Å². The second-order valence-corrected chi connectivity index (χ2v) is 7.90. The highest BCUT2D eigenvalue weighted by molar-refractivity contribution is 7.86. The van der Waals surface area contributed by atoms with Crippen LogP contribution in [0.1, 0.15) is 5.56 Å². The Hall–Kier alpha value is -1.77. The van der Waals surface area contributed by atoms with E-state index in [1.807, 2.05) is 30.3 Å². The number of rotatable bonds is 6. The molecule has 138 valence electrons. The third-order valence-electron chi connectivity index (χ3n) is 4.55. The van der Waals surface area contributed by atoms with Gasteiger partial charge in [-0.25, -0.2) is 0 Å². The van der Waals surface area contributed by atoms with E-state index in [1.165, 1.54) is 12.1 Å². The number of ether oxygens (including phenoxy) is 3. The van der Waals surface area contributed by atoms with Crippen molar-refractivity contribution in [2.75, 3.05) is 13.2 Å². The normalized spacial score (nSPS) is 28.2. The molecule has 0 unspecified atom stereocenters. The second kappa shape index (κ2) is 7.46. The first kappa shape index (κ1) is 17.6. The first-order chi connectivity index (χ1) is 12.6. The van der Waals surface area contributed by atoms with E-state index in [0.717, 1.165) is 5.56 Å². The summed E-state index contributed by atoms with van der Waals surface area (Å²) < 4.78 is 47.6. The van der Waals surface area contributed by atoms with E-state index in [-0.39, 0.29) is 23.7 Å². The summed E-state index contributed by atoms with van der Waals surface area (Å²) in [4.78, 5) is 0.123. The van der Waals surface area contributed by atoms with Crippen LogP contribution in [-0.2, 0) is 35.1 Å². The van der Waals surface area contributed by atoms with E-state index in [1.54, 1.807) is 18.2 Å². The maximum absolute atomic E-state index is 12.4. The molecule has 6 nitrogen and oxygen atoms in total. The van der Waals surface area contributed by atoms with E-state index in [2.05, 4.69) is 0 Å². The van der Waals surface area contributed by atoms with Gasteiger partial charge in [-0.05, 0) is 17.7 Å². The lowest BCUT2D eigenvalue weighted by Crippen LogP contribution is -2.35. The molecule has 0 amide bonds. The molecule has 0 saturated carbocycles. The zero-order valence-corrected chi connectivity index (χ0v) is 14.9. The fourth-order valence-corrected chi connectivity index (χ4v) is 4.33. The largest absolute Gasteiger partial charge is 0.370 e. The molecule has 0 spiro atoms. The van der Waals surface area contributed by atoms with Gasteiger partial charge in [0.05, 0.1) is 24.7 Å². The first-order valence-electron chi connectivity index (χ1n) is 8.50. The van der Waals surface area contributed by atoms with Crippen LogP contribution < -0.4 is 0 Å². The van der Waals surface area contributed by atoms with Gasteiger partial charge in [0.25, 0.3) is 10.1 Å². The van der Waals surface area contributed by atoms with Crippen LogP contribution >= 0.6 is 0 Å². The van der Waals surface area contributed by atoms with Crippen LogP contribution in [0.2, 0.25) is 0 Å².